The first-order valence-corrected chi connectivity index (χ1v) is 6.60. The lowest BCUT2D eigenvalue weighted by Gasteiger charge is -2.41. The number of hydrogen-bond donors (Lipinski definition) is 1. The maximum atomic E-state index is 12.3. The number of amides is 1. The zero-order valence-electron chi connectivity index (χ0n) is 10.7. The van der Waals surface area contributed by atoms with Gasteiger partial charge in [-0.05, 0) is 38.1 Å². The molecule has 1 aromatic carbocycles. The molecule has 2 heterocycles. The molecule has 18 heavy (non-hydrogen) atoms. The average molecular weight is 245 g/mol. The second-order valence-corrected chi connectivity index (χ2v) is 5.09. The molecule has 96 valence electrons. The minimum atomic E-state index is 0.225. The summed E-state index contributed by atoms with van der Waals surface area (Å²) in [4.78, 5) is 16.4. The largest absolute Gasteiger partial charge is 0.364 e. The van der Waals surface area contributed by atoms with Gasteiger partial charge in [0, 0.05) is 13.1 Å². The smallest absolute Gasteiger partial charge is 0.246 e. The van der Waals surface area contributed by atoms with E-state index in [-0.39, 0.29) is 5.91 Å². The second kappa shape index (κ2) is 4.61. The monoisotopic (exact) mass is 245 g/mol. The first kappa shape index (κ1) is 11.5. The molecule has 0 aliphatic carbocycles. The highest BCUT2D eigenvalue weighted by molar-refractivity contribution is 6.03. The molecular formula is C14H19N3O. The summed E-state index contributed by atoms with van der Waals surface area (Å²) < 4.78 is 0. The van der Waals surface area contributed by atoms with Gasteiger partial charge < -0.3 is 15.1 Å². The summed E-state index contributed by atoms with van der Waals surface area (Å²) in [5.41, 5.74) is 2.23. The van der Waals surface area contributed by atoms with E-state index < -0.39 is 0 Å². The Bertz CT molecular complexity index is 454. The molecule has 0 unspecified atom stereocenters. The van der Waals surface area contributed by atoms with Gasteiger partial charge in [-0.25, -0.2) is 0 Å². The predicted octanol–water partition coefficient (Wildman–Crippen LogP) is 1.22. The normalized spacial score (nSPS) is 21.1. The molecule has 1 amide bonds. The van der Waals surface area contributed by atoms with Crippen LogP contribution in [0.3, 0.4) is 0 Å². The first-order chi connectivity index (χ1) is 8.77. The van der Waals surface area contributed by atoms with Crippen molar-refractivity contribution < 1.29 is 4.79 Å². The van der Waals surface area contributed by atoms with Crippen molar-refractivity contribution in [1.82, 2.24) is 5.32 Å². The molecular weight excluding hydrogens is 226 g/mol. The molecule has 1 N–H and O–H groups in total. The van der Waals surface area contributed by atoms with Crippen LogP contribution in [0.4, 0.5) is 11.4 Å². The van der Waals surface area contributed by atoms with Gasteiger partial charge in [-0.3, -0.25) is 4.79 Å². The van der Waals surface area contributed by atoms with Crippen LogP contribution in [0.15, 0.2) is 24.3 Å². The van der Waals surface area contributed by atoms with Gasteiger partial charge in [-0.15, -0.1) is 0 Å². The zero-order chi connectivity index (χ0) is 12.5. The topological polar surface area (TPSA) is 35.6 Å². The van der Waals surface area contributed by atoms with E-state index in [1.165, 1.54) is 0 Å². The van der Waals surface area contributed by atoms with Crippen LogP contribution in [0.2, 0.25) is 0 Å². The molecule has 0 aromatic heterocycles. The van der Waals surface area contributed by atoms with Gasteiger partial charge in [-0.1, -0.05) is 12.1 Å². The van der Waals surface area contributed by atoms with E-state index in [9.17, 15) is 4.79 Å². The van der Waals surface area contributed by atoms with Crippen molar-refractivity contribution in [1.29, 1.82) is 0 Å². The van der Waals surface area contributed by atoms with Gasteiger partial charge >= 0.3 is 0 Å². The van der Waals surface area contributed by atoms with Gasteiger partial charge in [0.05, 0.1) is 17.9 Å². The number of anilines is 2. The molecule has 0 bridgehead atoms. The molecule has 0 saturated carbocycles. The number of carbonyl (C=O) groups excluding carboxylic acids is 1. The minimum Gasteiger partial charge on any atom is -0.364 e. The van der Waals surface area contributed by atoms with Crippen LogP contribution in [0, 0.1) is 0 Å². The fourth-order valence-electron chi connectivity index (χ4n) is 2.95. The van der Waals surface area contributed by atoms with E-state index in [0.717, 1.165) is 37.3 Å². The van der Waals surface area contributed by atoms with Crippen LogP contribution in [0.25, 0.3) is 0 Å². The Morgan fingerprint density at radius 2 is 1.83 bits per heavy atom. The number of nitrogens with zero attached hydrogens (tertiary/aromatic N) is 2. The maximum Gasteiger partial charge on any atom is 0.246 e. The molecule has 2 aliphatic rings. The van der Waals surface area contributed by atoms with Crippen LogP contribution in [-0.2, 0) is 4.79 Å². The third-order valence-corrected chi connectivity index (χ3v) is 3.87. The van der Waals surface area contributed by atoms with Crippen molar-refractivity contribution in [2.75, 3.05) is 36.5 Å². The molecule has 1 saturated heterocycles. The SMILES string of the molecule is CN1CC(=O)N(C2CCNCC2)c2ccccc21. The Labute approximate surface area is 108 Å². The highest BCUT2D eigenvalue weighted by atomic mass is 16.2. The van der Waals surface area contributed by atoms with E-state index in [4.69, 9.17) is 0 Å². The summed E-state index contributed by atoms with van der Waals surface area (Å²) >= 11 is 0. The summed E-state index contributed by atoms with van der Waals surface area (Å²) in [6.45, 7) is 2.50. The Hall–Kier alpha value is -1.55. The molecule has 4 heteroatoms. The van der Waals surface area contributed by atoms with Crippen LogP contribution in [0.5, 0.6) is 0 Å². The van der Waals surface area contributed by atoms with E-state index in [1.54, 1.807) is 0 Å². The Balaban J connectivity index is 1.97. The van der Waals surface area contributed by atoms with E-state index in [2.05, 4.69) is 17.4 Å². The van der Waals surface area contributed by atoms with Crippen molar-refractivity contribution in [3.8, 4) is 0 Å². The Morgan fingerprint density at radius 1 is 1.17 bits per heavy atom. The number of piperidine rings is 1. The van der Waals surface area contributed by atoms with Crippen LogP contribution >= 0.6 is 0 Å². The standard InChI is InChI=1S/C14H19N3O/c1-16-10-14(18)17(11-6-8-15-9-7-11)13-5-3-2-4-12(13)16/h2-5,11,15H,6-10H2,1H3. The van der Waals surface area contributed by atoms with E-state index >= 15 is 0 Å². The summed E-state index contributed by atoms with van der Waals surface area (Å²) in [7, 11) is 1.98. The Kier molecular flexibility index (Phi) is 2.96. The Morgan fingerprint density at radius 3 is 2.56 bits per heavy atom. The quantitative estimate of drug-likeness (QED) is 0.808. The number of carbonyl (C=O) groups is 1. The molecule has 0 radical (unpaired) electrons. The summed E-state index contributed by atoms with van der Waals surface area (Å²) in [6, 6.07) is 8.56. The molecule has 3 rings (SSSR count). The molecule has 0 spiro atoms. The second-order valence-electron chi connectivity index (χ2n) is 5.09. The van der Waals surface area contributed by atoms with Gasteiger partial charge in [-0.2, -0.15) is 0 Å². The van der Waals surface area contributed by atoms with Crippen molar-refractivity contribution in [2.24, 2.45) is 0 Å². The van der Waals surface area contributed by atoms with Gasteiger partial charge in [0.15, 0.2) is 0 Å². The number of rotatable bonds is 1. The van der Waals surface area contributed by atoms with Crippen LogP contribution < -0.4 is 15.1 Å². The molecule has 1 aromatic rings. The minimum absolute atomic E-state index is 0.225. The molecule has 0 atom stereocenters. The third-order valence-electron chi connectivity index (χ3n) is 3.87. The molecule has 4 nitrogen and oxygen atoms in total. The number of nitrogens with one attached hydrogen (secondary N) is 1. The lowest BCUT2D eigenvalue weighted by Crippen LogP contribution is -2.52. The number of fused-ring (bicyclic) bond motifs is 1. The summed E-state index contributed by atoms with van der Waals surface area (Å²) in [6.07, 6.45) is 2.09. The third kappa shape index (κ3) is 1.86. The van der Waals surface area contributed by atoms with Crippen molar-refractivity contribution in [3.05, 3.63) is 24.3 Å². The summed E-state index contributed by atoms with van der Waals surface area (Å²) in [5, 5.41) is 3.35. The fraction of sp³-hybridized carbons (Fsp3) is 0.500. The highest BCUT2D eigenvalue weighted by Crippen LogP contribution is 2.35. The van der Waals surface area contributed by atoms with Crippen molar-refractivity contribution in [2.45, 2.75) is 18.9 Å². The van der Waals surface area contributed by atoms with Gasteiger partial charge in [0.25, 0.3) is 0 Å². The van der Waals surface area contributed by atoms with Crippen LogP contribution in [0.1, 0.15) is 12.8 Å². The van der Waals surface area contributed by atoms with Gasteiger partial charge in [0.2, 0.25) is 5.91 Å². The van der Waals surface area contributed by atoms with E-state index in [0.29, 0.717) is 12.6 Å². The van der Waals surface area contributed by atoms with Gasteiger partial charge in [0.1, 0.15) is 0 Å². The number of benzene rings is 1. The first-order valence-electron chi connectivity index (χ1n) is 6.60. The average Bonchev–Trinajstić information content (AvgIpc) is 2.40. The fourth-order valence-corrected chi connectivity index (χ4v) is 2.95. The maximum absolute atomic E-state index is 12.3. The van der Waals surface area contributed by atoms with E-state index in [1.807, 2.05) is 29.0 Å². The van der Waals surface area contributed by atoms with Crippen LogP contribution in [-0.4, -0.2) is 38.6 Å². The lowest BCUT2D eigenvalue weighted by molar-refractivity contribution is -0.118. The predicted molar refractivity (Wildman–Crippen MR) is 73.1 cm³/mol. The molecule has 1 fully saturated rings. The lowest BCUT2D eigenvalue weighted by atomic mass is 10.0. The highest BCUT2D eigenvalue weighted by Gasteiger charge is 2.32. The number of para-hydroxylation sites is 2. The number of hydrogen-bond acceptors (Lipinski definition) is 3. The zero-order valence-corrected chi connectivity index (χ0v) is 10.7. The van der Waals surface area contributed by atoms with Crippen molar-refractivity contribution in [3.63, 3.8) is 0 Å². The molecule has 2 aliphatic heterocycles. The summed E-state index contributed by atoms with van der Waals surface area (Å²) in [5.74, 6) is 0.225. The van der Waals surface area contributed by atoms with Crippen molar-refractivity contribution >= 4 is 17.3 Å². The number of likely N-dealkylation sites (N-methyl/N-ethyl adjacent to an activating group) is 1.